The summed E-state index contributed by atoms with van der Waals surface area (Å²) in [6.45, 7) is 7.68. The summed E-state index contributed by atoms with van der Waals surface area (Å²) in [6.07, 6.45) is 3.35. The number of hydrogen-bond acceptors (Lipinski definition) is 5. The van der Waals surface area contributed by atoms with Crippen LogP contribution in [0, 0.1) is 0 Å². The smallest absolute Gasteiger partial charge is 0.241 e. The molecule has 1 N–H and O–H groups in total. The molecule has 0 fully saturated rings. The molecule has 180 valence electrons. The van der Waals surface area contributed by atoms with Gasteiger partial charge in [-0.05, 0) is 57.0 Å². The highest BCUT2D eigenvalue weighted by Crippen LogP contribution is 2.42. The molecule has 0 aromatic heterocycles. The van der Waals surface area contributed by atoms with Gasteiger partial charge in [0.15, 0.2) is 0 Å². The Kier molecular flexibility index (Phi) is 7.57. The van der Waals surface area contributed by atoms with E-state index in [1.807, 2.05) is 38.1 Å². The summed E-state index contributed by atoms with van der Waals surface area (Å²) in [5.41, 5.74) is 0.951. The fourth-order valence-electron chi connectivity index (χ4n) is 4.16. The normalized spacial score (nSPS) is 17.1. The number of ether oxygens (including phenoxy) is 2. The van der Waals surface area contributed by atoms with Gasteiger partial charge in [0.2, 0.25) is 15.9 Å². The van der Waals surface area contributed by atoms with Crippen molar-refractivity contribution in [1.29, 1.82) is 0 Å². The van der Waals surface area contributed by atoms with Crippen molar-refractivity contribution in [3.63, 3.8) is 0 Å². The van der Waals surface area contributed by atoms with Gasteiger partial charge in [0.1, 0.15) is 23.6 Å². The fraction of sp³-hybridized carbons (Fsp3) is 0.480. The van der Waals surface area contributed by atoms with Crippen LogP contribution in [0.2, 0.25) is 0 Å². The molecule has 2 aromatic rings. The van der Waals surface area contributed by atoms with Gasteiger partial charge in [-0.15, -0.1) is 0 Å². The first-order valence-electron chi connectivity index (χ1n) is 11.4. The van der Waals surface area contributed by atoms with E-state index in [4.69, 9.17) is 9.47 Å². The summed E-state index contributed by atoms with van der Waals surface area (Å²) in [6, 6.07) is 14.1. The van der Waals surface area contributed by atoms with Gasteiger partial charge in [0, 0.05) is 12.0 Å². The number of anilines is 1. The monoisotopic (exact) mass is 474 g/mol. The number of fused-ring (bicyclic) bond motifs is 1. The van der Waals surface area contributed by atoms with Crippen LogP contribution >= 0.6 is 0 Å². The fourth-order valence-corrected chi connectivity index (χ4v) is 5.02. The first kappa shape index (κ1) is 24.9. The van der Waals surface area contributed by atoms with Gasteiger partial charge < -0.3 is 14.8 Å². The molecule has 0 saturated carbocycles. The zero-order chi connectivity index (χ0) is 24.2. The zero-order valence-electron chi connectivity index (χ0n) is 20.0. The molecule has 0 bridgehead atoms. The highest BCUT2D eigenvalue weighted by atomic mass is 32.2. The molecule has 0 saturated heterocycles. The van der Waals surface area contributed by atoms with E-state index in [1.165, 1.54) is 0 Å². The number of nitrogens with one attached hydrogen (secondary N) is 1. The summed E-state index contributed by atoms with van der Waals surface area (Å²) in [5.74, 6) is 1.03. The molecule has 1 aliphatic heterocycles. The second-order valence-corrected chi connectivity index (χ2v) is 10.7. The van der Waals surface area contributed by atoms with Crippen molar-refractivity contribution in [2.75, 3.05) is 17.1 Å². The Bertz CT molecular complexity index is 1060. The maximum atomic E-state index is 13.1. The zero-order valence-corrected chi connectivity index (χ0v) is 20.8. The maximum Gasteiger partial charge on any atom is 0.241 e. The molecule has 1 amide bonds. The number of hydrogen-bond donors (Lipinski definition) is 1. The third kappa shape index (κ3) is 5.99. The lowest BCUT2D eigenvalue weighted by Crippen LogP contribution is -2.47. The van der Waals surface area contributed by atoms with E-state index in [1.54, 1.807) is 24.3 Å². The van der Waals surface area contributed by atoms with Crippen molar-refractivity contribution in [2.45, 2.75) is 64.7 Å². The number of para-hydroxylation sites is 1. The first-order valence-corrected chi connectivity index (χ1v) is 13.2. The van der Waals surface area contributed by atoms with Gasteiger partial charge in [-0.25, -0.2) is 8.42 Å². The molecule has 0 aliphatic carbocycles. The van der Waals surface area contributed by atoms with Crippen LogP contribution in [0.3, 0.4) is 0 Å². The van der Waals surface area contributed by atoms with E-state index in [0.717, 1.165) is 34.7 Å². The Balaban J connectivity index is 1.81. The highest BCUT2D eigenvalue weighted by Gasteiger charge is 2.39. The summed E-state index contributed by atoms with van der Waals surface area (Å²) >= 11 is 0. The first-order chi connectivity index (χ1) is 15.6. The van der Waals surface area contributed by atoms with Crippen molar-refractivity contribution >= 4 is 21.6 Å². The van der Waals surface area contributed by atoms with Crippen LogP contribution in [-0.2, 0) is 14.8 Å². The van der Waals surface area contributed by atoms with Gasteiger partial charge in [-0.1, -0.05) is 32.0 Å². The van der Waals surface area contributed by atoms with Crippen LogP contribution < -0.4 is 19.1 Å². The molecule has 7 nitrogen and oxygen atoms in total. The average molecular weight is 475 g/mol. The molecule has 0 radical (unpaired) electrons. The van der Waals surface area contributed by atoms with Crippen LogP contribution in [-0.4, -0.2) is 38.8 Å². The Hall–Kier alpha value is -2.74. The Labute approximate surface area is 197 Å². The van der Waals surface area contributed by atoms with E-state index in [2.05, 4.69) is 19.2 Å². The average Bonchev–Trinajstić information content (AvgIpc) is 2.77. The minimum atomic E-state index is -3.68. The van der Waals surface area contributed by atoms with Crippen molar-refractivity contribution in [1.82, 2.24) is 5.32 Å². The Morgan fingerprint density at radius 1 is 1.15 bits per heavy atom. The van der Waals surface area contributed by atoms with E-state index >= 15 is 0 Å². The molecule has 1 aliphatic rings. The SMILES string of the molecule is CCC1(CC)CC(NC(=O)CN(c2ccc(OC(C)C)cc2)S(C)(=O)=O)c2ccccc2O1. The van der Waals surface area contributed by atoms with E-state index in [9.17, 15) is 13.2 Å². The van der Waals surface area contributed by atoms with Crippen LogP contribution in [0.5, 0.6) is 11.5 Å². The number of carbonyl (C=O) groups excluding carboxylic acids is 1. The van der Waals surface area contributed by atoms with Crippen molar-refractivity contribution in [2.24, 2.45) is 0 Å². The number of rotatable bonds is 9. The van der Waals surface area contributed by atoms with E-state index < -0.39 is 10.0 Å². The van der Waals surface area contributed by atoms with Gasteiger partial charge in [0.05, 0.1) is 24.1 Å². The van der Waals surface area contributed by atoms with Crippen molar-refractivity contribution in [3.05, 3.63) is 54.1 Å². The standard InChI is InChI=1S/C25H34N2O5S/c1-6-25(7-2)16-22(21-10-8-9-11-23(21)32-25)26-24(28)17-27(33(5,29)30)19-12-14-20(15-13-19)31-18(3)4/h8-15,18,22H,6-7,16-17H2,1-5H3,(H,26,28). The third-order valence-electron chi connectivity index (χ3n) is 6.00. The summed E-state index contributed by atoms with van der Waals surface area (Å²) < 4.78 is 38.1. The molecular formula is C25H34N2O5S. The predicted molar refractivity (Wildman–Crippen MR) is 130 cm³/mol. The van der Waals surface area contributed by atoms with Crippen LogP contribution in [0.25, 0.3) is 0 Å². The minimum Gasteiger partial charge on any atom is -0.491 e. The van der Waals surface area contributed by atoms with Crippen molar-refractivity contribution < 1.29 is 22.7 Å². The Morgan fingerprint density at radius 3 is 2.36 bits per heavy atom. The molecule has 1 heterocycles. The summed E-state index contributed by atoms with van der Waals surface area (Å²) in [7, 11) is -3.68. The van der Waals surface area contributed by atoms with Gasteiger partial charge in [0.25, 0.3) is 0 Å². The molecule has 8 heteroatoms. The number of nitrogens with zero attached hydrogens (tertiary/aromatic N) is 1. The predicted octanol–water partition coefficient (Wildman–Crippen LogP) is 4.44. The molecule has 1 atom stereocenters. The molecule has 0 spiro atoms. The van der Waals surface area contributed by atoms with Crippen LogP contribution in [0.4, 0.5) is 5.69 Å². The molecule has 2 aromatic carbocycles. The van der Waals surface area contributed by atoms with Crippen LogP contribution in [0.15, 0.2) is 48.5 Å². The molecule has 1 unspecified atom stereocenters. The number of carbonyl (C=O) groups is 1. The largest absolute Gasteiger partial charge is 0.491 e. The second kappa shape index (κ2) is 10.0. The lowest BCUT2D eigenvalue weighted by Gasteiger charge is -2.41. The summed E-state index contributed by atoms with van der Waals surface area (Å²) in [5, 5.41) is 3.06. The Morgan fingerprint density at radius 2 is 1.79 bits per heavy atom. The van der Waals surface area contributed by atoms with Gasteiger partial charge in [-0.2, -0.15) is 0 Å². The van der Waals surface area contributed by atoms with E-state index in [0.29, 0.717) is 17.9 Å². The third-order valence-corrected chi connectivity index (χ3v) is 7.15. The maximum absolute atomic E-state index is 13.1. The minimum absolute atomic E-state index is 0.00773. The van der Waals surface area contributed by atoms with Crippen LogP contribution in [0.1, 0.15) is 58.6 Å². The molecule has 3 rings (SSSR count). The van der Waals surface area contributed by atoms with Gasteiger partial charge in [-0.3, -0.25) is 9.10 Å². The topological polar surface area (TPSA) is 84.9 Å². The second-order valence-electron chi connectivity index (χ2n) is 8.78. The number of amides is 1. The molecular weight excluding hydrogens is 440 g/mol. The number of sulfonamides is 1. The number of benzene rings is 2. The molecule has 33 heavy (non-hydrogen) atoms. The van der Waals surface area contributed by atoms with E-state index in [-0.39, 0.29) is 30.2 Å². The lowest BCUT2D eigenvalue weighted by molar-refractivity contribution is -0.121. The summed E-state index contributed by atoms with van der Waals surface area (Å²) in [4.78, 5) is 13.1. The quantitative estimate of drug-likeness (QED) is 0.581. The highest BCUT2D eigenvalue weighted by molar-refractivity contribution is 7.92. The lowest BCUT2D eigenvalue weighted by atomic mass is 9.83. The van der Waals surface area contributed by atoms with Crippen molar-refractivity contribution in [3.8, 4) is 11.5 Å². The van der Waals surface area contributed by atoms with Gasteiger partial charge >= 0.3 is 0 Å².